The molecule has 0 aliphatic heterocycles. The Morgan fingerprint density at radius 3 is 2.11 bits per heavy atom. The molecule has 102 valence electrons. The highest BCUT2D eigenvalue weighted by Crippen LogP contribution is 2.31. The molecule has 0 fully saturated rings. The van der Waals surface area contributed by atoms with Gasteiger partial charge in [0.25, 0.3) is 0 Å². The summed E-state index contributed by atoms with van der Waals surface area (Å²) in [4.78, 5) is 0. The van der Waals surface area contributed by atoms with Crippen LogP contribution in [0.25, 0.3) is 21.9 Å². The molecule has 0 bridgehead atoms. The number of hydrogen-bond donors (Lipinski definition) is 0. The van der Waals surface area contributed by atoms with E-state index in [1.807, 2.05) is 39.8 Å². The van der Waals surface area contributed by atoms with Gasteiger partial charge in [0, 0.05) is 10.8 Å². The third-order valence-corrected chi connectivity index (χ3v) is 2.81. The van der Waals surface area contributed by atoms with Gasteiger partial charge < -0.3 is 4.42 Å². The van der Waals surface area contributed by atoms with Crippen molar-refractivity contribution in [3.8, 4) is 0 Å². The van der Waals surface area contributed by atoms with Crippen molar-refractivity contribution < 1.29 is 4.42 Å². The lowest BCUT2D eigenvalue weighted by molar-refractivity contribution is 0.665. The number of aryl methyl sites for hydroxylation is 2. The number of rotatable bonds is 0. The largest absolute Gasteiger partial charge is 0.456 e. The highest BCUT2D eigenvalue weighted by atomic mass is 16.3. The Bertz CT molecular complexity index is 647. The van der Waals surface area contributed by atoms with E-state index in [2.05, 4.69) is 38.1 Å². The fourth-order valence-electron chi connectivity index (χ4n) is 2.18. The van der Waals surface area contributed by atoms with Gasteiger partial charge in [-0.05, 0) is 37.1 Å². The van der Waals surface area contributed by atoms with E-state index in [1.54, 1.807) is 0 Å². The van der Waals surface area contributed by atoms with Gasteiger partial charge in [0.2, 0.25) is 0 Å². The van der Waals surface area contributed by atoms with E-state index in [0.717, 1.165) is 11.2 Å². The molecule has 0 N–H and O–H groups in total. The maximum atomic E-state index is 5.84. The van der Waals surface area contributed by atoms with Crippen molar-refractivity contribution in [3.63, 3.8) is 0 Å². The van der Waals surface area contributed by atoms with Gasteiger partial charge in [0.05, 0.1) is 0 Å². The Labute approximate surface area is 116 Å². The summed E-state index contributed by atoms with van der Waals surface area (Å²) in [6.07, 6.45) is 0. The normalized spacial score (nSPS) is 9.58. The van der Waals surface area contributed by atoms with E-state index in [0.29, 0.717) is 0 Å². The fourth-order valence-corrected chi connectivity index (χ4v) is 2.18. The maximum absolute atomic E-state index is 5.84. The molecule has 0 aliphatic rings. The van der Waals surface area contributed by atoms with Crippen LogP contribution < -0.4 is 0 Å². The first-order valence-corrected chi connectivity index (χ1v) is 7.14. The SMILES string of the molecule is CC.CC.Cc1cc(C)c2oc3ccccc3c2c1. The molecule has 3 aromatic rings. The molecule has 1 heteroatoms. The van der Waals surface area contributed by atoms with Gasteiger partial charge in [-0.3, -0.25) is 0 Å². The molecule has 0 atom stereocenters. The van der Waals surface area contributed by atoms with Crippen molar-refractivity contribution >= 4 is 21.9 Å². The lowest BCUT2D eigenvalue weighted by atomic mass is 10.1. The van der Waals surface area contributed by atoms with Crippen molar-refractivity contribution in [1.29, 1.82) is 0 Å². The zero-order valence-electron chi connectivity index (χ0n) is 12.9. The van der Waals surface area contributed by atoms with E-state index in [4.69, 9.17) is 4.42 Å². The summed E-state index contributed by atoms with van der Waals surface area (Å²) in [5.74, 6) is 0. The van der Waals surface area contributed by atoms with Crippen molar-refractivity contribution in [1.82, 2.24) is 0 Å². The third-order valence-electron chi connectivity index (χ3n) is 2.81. The van der Waals surface area contributed by atoms with Gasteiger partial charge in [0.15, 0.2) is 0 Å². The Kier molecular flexibility index (Phi) is 5.62. The summed E-state index contributed by atoms with van der Waals surface area (Å²) < 4.78 is 5.84. The molecule has 0 saturated carbocycles. The molecular weight excluding hydrogens is 232 g/mol. The van der Waals surface area contributed by atoms with Crippen LogP contribution in [-0.2, 0) is 0 Å². The average Bonchev–Trinajstić information content (AvgIpc) is 2.83. The minimum absolute atomic E-state index is 0.973. The van der Waals surface area contributed by atoms with Gasteiger partial charge in [-0.1, -0.05) is 52.0 Å². The van der Waals surface area contributed by atoms with Crippen LogP contribution in [0, 0.1) is 13.8 Å². The van der Waals surface area contributed by atoms with E-state index < -0.39 is 0 Å². The molecule has 0 saturated heterocycles. The molecule has 0 spiro atoms. The molecular formula is C18H24O. The zero-order chi connectivity index (χ0) is 14.4. The van der Waals surface area contributed by atoms with Crippen LogP contribution in [0.1, 0.15) is 38.8 Å². The molecule has 0 unspecified atom stereocenters. The van der Waals surface area contributed by atoms with Gasteiger partial charge in [0.1, 0.15) is 11.2 Å². The van der Waals surface area contributed by atoms with Gasteiger partial charge in [-0.2, -0.15) is 0 Å². The summed E-state index contributed by atoms with van der Waals surface area (Å²) in [5, 5.41) is 2.43. The standard InChI is InChI=1S/C14H12O.2C2H6/c1-9-7-10(2)14-12(8-9)11-5-3-4-6-13(11)15-14;2*1-2/h3-8H,1-2H3;2*1-2H3. The van der Waals surface area contributed by atoms with E-state index >= 15 is 0 Å². The minimum atomic E-state index is 0.973. The topological polar surface area (TPSA) is 13.1 Å². The second kappa shape index (κ2) is 6.98. The van der Waals surface area contributed by atoms with Crippen LogP contribution in [0.2, 0.25) is 0 Å². The van der Waals surface area contributed by atoms with Crippen molar-refractivity contribution in [2.75, 3.05) is 0 Å². The molecule has 1 heterocycles. The van der Waals surface area contributed by atoms with Crippen LogP contribution in [-0.4, -0.2) is 0 Å². The molecule has 19 heavy (non-hydrogen) atoms. The molecule has 0 amide bonds. The summed E-state index contributed by atoms with van der Waals surface area (Å²) >= 11 is 0. The van der Waals surface area contributed by atoms with E-state index in [-0.39, 0.29) is 0 Å². The van der Waals surface area contributed by atoms with Crippen LogP contribution >= 0.6 is 0 Å². The van der Waals surface area contributed by atoms with Crippen LogP contribution in [0.3, 0.4) is 0 Å². The quantitative estimate of drug-likeness (QED) is 0.463. The second-order valence-electron chi connectivity index (χ2n) is 4.06. The summed E-state index contributed by atoms with van der Waals surface area (Å²) in [5.41, 5.74) is 4.48. The summed E-state index contributed by atoms with van der Waals surface area (Å²) in [7, 11) is 0. The summed E-state index contributed by atoms with van der Waals surface area (Å²) in [6, 6.07) is 12.5. The number of hydrogen-bond acceptors (Lipinski definition) is 1. The minimum Gasteiger partial charge on any atom is -0.456 e. The number of benzene rings is 2. The Balaban J connectivity index is 0.000000415. The molecule has 0 aliphatic carbocycles. The highest BCUT2D eigenvalue weighted by Gasteiger charge is 2.08. The fraction of sp³-hybridized carbons (Fsp3) is 0.333. The predicted octanol–water partition coefficient (Wildman–Crippen LogP) is 6.26. The molecule has 2 aromatic carbocycles. The Morgan fingerprint density at radius 1 is 0.789 bits per heavy atom. The van der Waals surface area contributed by atoms with Gasteiger partial charge in [-0.15, -0.1) is 0 Å². The number of fused-ring (bicyclic) bond motifs is 3. The maximum Gasteiger partial charge on any atom is 0.138 e. The van der Waals surface area contributed by atoms with Crippen molar-refractivity contribution in [2.24, 2.45) is 0 Å². The first-order valence-electron chi connectivity index (χ1n) is 7.14. The number of furan rings is 1. The van der Waals surface area contributed by atoms with E-state index in [9.17, 15) is 0 Å². The monoisotopic (exact) mass is 256 g/mol. The first kappa shape index (κ1) is 15.3. The van der Waals surface area contributed by atoms with Crippen LogP contribution in [0.5, 0.6) is 0 Å². The van der Waals surface area contributed by atoms with Crippen molar-refractivity contribution in [2.45, 2.75) is 41.5 Å². The highest BCUT2D eigenvalue weighted by molar-refractivity contribution is 6.06. The second-order valence-corrected chi connectivity index (χ2v) is 4.06. The number of para-hydroxylation sites is 1. The van der Waals surface area contributed by atoms with Crippen molar-refractivity contribution in [3.05, 3.63) is 47.5 Å². The lowest BCUT2D eigenvalue weighted by Gasteiger charge is -1.96. The molecule has 0 radical (unpaired) electrons. The van der Waals surface area contributed by atoms with Crippen LogP contribution in [0.4, 0.5) is 0 Å². The Morgan fingerprint density at radius 2 is 1.42 bits per heavy atom. The zero-order valence-corrected chi connectivity index (χ0v) is 12.9. The predicted molar refractivity (Wildman–Crippen MR) is 85.9 cm³/mol. The molecule has 1 nitrogen and oxygen atoms in total. The smallest absolute Gasteiger partial charge is 0.138 e. The average molecular weight is 256 g/mol. The Hall–Kier alpha value is -1.76. The van der Waals surface area contributed by atoms with Gasteiger partial charge >= 0.3 is 0 Å². The molecule has 1 aromatic heterocycles. The molecule has 3 rings (SSSR count). The van der Waals surface area contributed by atoms with Crippen LogP contribution in [0.15, 0.2) is 40.8 Å². The first-order chi connectivity index (χ1) is 9.25. The van der Waals surface area contributed by atoms with Gasteiger partial charge in [-0.25, -0.2) is 0 Å². The summed E-state index contributed by atoms with van der Waals surface area (Å²) in [6.45, 7) is 12.2. The lowest BCUT2D eigenvalue weighted by Crippen LogP contribution is -1.76. The van der Waals surface area contributed by atoms with E-state index in [1.165, 1.54) is 21.9 Å². The third kappa shape index (κ3) is 2.98.